The number of hydrogen-bond donors (Lipinski definition) is 0. The van der Waals surface area contributed by atoms with Crippen molar-refractivity contribution >= 4 is 11.9 Å². The number of nitrogens with zero attached hydrogens (tertiary/aromatic N) is 1. The third-order valence-corrected chi connectivity index (χ3v) is 5.76. The molecule has 152 valence electrons. The summed E-state index contributed by atoms with van der Waals surface area (Å²) in [5, 5.41) is 0. The number of allylic oxidation sites excluding steroid dienone is 1. The smallest absolute Gasteiger partial charge is 0.232 e. The minimum absolute atomic E-state index is 0.0538. The molecule has 4 heteroatoms. The molecule has 2 aromatic rings. The second-order valence-electron chi connectivity index (χ2n) is 9.30. The van der Waals surface area contributed by atoms with Crippen LogP contribution in [0.25, 0.3) is 6.08 Å². The lowest BCUT2D eigenvalue weighted by molar-refractivity contribution is 0.0673. The number of carbonyl (C=O) groups excluding carboxylic acids is 1. The minimum Gasteiger partial charge on any atom is -0.478 e. The maximum Gasteiger partial charge on any atom is 0.232 e. The van der Waals surface area contributed by atoms with Crippen molar-refractivity contribution in [1.82, 2.24) is 4.90 Å². The fraction of sp³-hybridized carbons (Fsp3) is 0.400. The van der Waals surface area contributed by atoms with E-state index < -0.39 is 0 Å². The van der Waals surface area contributed by atoms with E-state index in [4.69, 9.17) is 9.47 Å². The predicted octanol–water partition coefficient (Wildman–Crippen LogP) is 5.47. The van der Waals surface area contributed by atoms with Gasteiger partial charge >= 0.3 is 0 Å². The first-order valence-corrected chi connectivity index (χ1v) is 10.2. The van der Waals surface area contributed by atoms with Gasteiger partial charge in [0.15, 0.2) is 5.76 Å². The number of Topliss-reactive ketones (excluding diaryl/α,β-unsaturated/α-hetero) is 1. The highest BCUT2D eigenvalue weighted by Gasteiger charge is 2.35. The topological polar surface area (TPSA) is 38.8 Å². The van der Waals surface area contributed by atoms with Gasteiger partial charge in [0.2, 0.25) is 5.78 Å². The number of fused-ring (bicyclic) bond motifs is 3. The van der Waals surface area contributed by atoms with E-state index in [0.717, 1.165) is 29.0 Å². The van der Waals surface area contributed by atoms with Crippen LogP contribution < -0.4 is 9.47 Å². The summed E-state index contributed by atoms with van der Waals surface area (Å²) in [4.78, 5) is 15.3. The van der Waals surface area contributed by atoms with Crippen molar-refractivity contribution in [3.63, 3.8) is 0 Å². The fourth-order valence-corrected chi connectivity index (χ4v) is 3.81. The maximum atomic E-state index is 13.1. The van der Waals surface area contributed by atoms with Crippen molar-refractivity contribution in [1.29, 1.82) is 0 Å². The molecule has 0 N–H and O–H groups in total. The molecule has 4 rings (SSSR count). The van der Waals surface area contributed by atoms with E-state index in [2.05, 4.69) is 51.7 Å². The van der Waals surface area contributed by atoms with Crippen LogP contribution in [0.1, 0.15) is 67.2 Å². The molecule has 2 heterocycles. The van der Waals surface area contributed by atoms with Gasteiger partial charge < -0.3 is 9.47 Å². The van der Waals surface area contributed by atoms with Crippen LogP contribution in [-0.2, 0) is 12.0 Å². The van der Waals surface area contributed by atoms with Crippen LogP contribution in [0.4, 0.5) is 0 Å². The van der Waals surface area contributed by atoms with Crippen molar-refractivity contribution in [2.75, 3.05) is 6.73 Å². The molecule has 29 heavy (non-hydrogen) atoms. The third-order valence-electron chi connectivity index (χ3n) is 5.76. The van der Waals surface area contributed by atoms with E-state index >= 15 is 0 Å². The van der Waals surface area contributed by atoms with Gasteiger partial charge in [-0.25, -0.2) is 0 Å². The fourth-order valence-electron chi connectivity index (χ4n) is 3.81. The normalized spacial score (nSPS) is 17.9. The second kappa shape index (κ2) is 7.03. The van der Waals surface area contributed by atoms with Gasteiger partial charge in [-0.2, -0.15) is 0 Å². The van der Waals surface area contributed by atoms with Crippen LogP contribution in [0.3, 0.4) is 0 Å². The Hall–Kier alpha value is -2.59. The predicted molar refractivity (Wildman–Crippen MR) is 115 cm³/mol. The first-order valence-electron chi connectivity index (χ1n) is 10.2. The molecule has 0 aromatic heterocycles. The maximum absolute atomic E-state index is 13.1. The average molecular weight is 392 g/mol. The Balaban J connectivity index is 1.69. The van der Waals surface area contributed by atoms with Gasteiger partial charge in [-0.15, -0.1) is 0 Å². The monoisotopic (exact) mass is 391 g/mol. The summed E-state index contributed by atoms with van der Waals surface area (Å²) >= 11 is 0. The van der Waals surface area contributed by atoms with Gasteiger partial charge in [-0.05, 0) is 55.0 Å². The Morgan fingerprint density at radius 3 is 2.45 bits per heavy atom. The van der Waals surface area contributed by atoms with Crippen LogP contribution in [-0.4, -0.2) is 23.5 Å². The molecule has 0 spiro atoms. The number of aryl methyl sites for hydroxylation is 1. The Bertz CT molecular complexity index is 994. The summed E-state index contributed by atoms with van der Waals surface area (Å²) in [6.07, 6.45) is 1.84. The van der Waals surface area contributed by atoms with Gasteiger partial charge in [-0.1, -0.05) is 45.0 Å². The molecule has 0 aliphatic carbocycles. The average Bonchev–Trinajstić information content (AvgIpc) is 2.98. The highest BCUT2D eigenvalue weighted by atomic mass is 16.5. The highest BCUT2D eigenvalue weighted by Crippen LogP contribution is 2.44. The molecule has 2 aliphatic heterocycles. The first kappa shape index (κ1) is 19.7. The third kappa shape index (κ3) is 3.58. The lowest BCUT2D eigenvalue weighted by Gasteiger charge is -2.32. The zero-order valence-electron chi connectivity index (χ0n) is 18.1. The summed E-state index contributed by atoms with van der Waals surface area (Å²) < 4.78 is 12.1. The zero-order chi connectivity index (χ0) is 20.9. The van der Waals surface area contributed by atoms with Crippen LogP contribution in [0.15, 0.2) is 36.1 Å². The summed E-state index contributed by atoms with van der Waals surface area (Å²) in [7, 11) is 0. The molecule has 0 unspecified atom stereocenters. The Morgan fingerprint density at radius 2 is 1.83 bits per heavy atom. The molecule has 0 saturated heterocycles. The molecule has 2 aromatic carbocycles. The van der Waals surface area contributed by atoms with Gasteiger partial charge in [0.1, 0.15) is 18.2 Å². The summed E-state index contributed by atoms with van der Waals surface area (Å²) in [6.45, 7) is 14.1. The molecule has 2 aliphatic rings. The lowest BCUT2D eigenvalue weighted by Crippen LogP contribution is -2.37. The number of hydrogen-bond acceptors (Lipinski definition) is 4. The van der Waals surface area contributed by atoms with E-state index in [-0.39, 0.29) is 11.2 Å². The summed E-state index contributed by atoms with van der Waals surface area (Å²) in [6, 6.07) is 10.6. The summed E-state index contributed by atoms with van der Waals surface area (Å²) in [5.74, 6) is 1.80. The number of ketones is 1. The first-order chi connectivity index (χ1) is 13.6. The van der Waals surface area contributed by atoms with Crippen molar-refractivity contribution in [3.8, 4) is 11.5 Å². The molecular formula is C25H29NO3. The molecule has 4 nitrogen and oxygen atoms in total. The highest BCUT2D eigenvalue weighted by molar-refractivity contribution is 6.15. The molecule has 0 atom stereocenters. The van der Waals surface area contributed by atoms with Crippen molar-refractivity contribution < 1.29 is 14.3 Å². The van der Waals surface area contributed by atoms with Gasteiger partial charge in [0.25, 0.3) is 0 Å². The second-order valence-corrected chi connectivity index (χ2v) is 9.30. The Labute approximate surface area is 173 Å². The number of rotatable bonds is 2. The van der Waals surface area contributed by atoms with Crippen LogP contribution in [0.2, 0.25) is 0 Å². The van der Waals surface area contributed by atoms with Gasteiger partial charge in [0.05, 0.1) is 11.1 Å². The van der Waals surface area contributed by atoms with Crippen molar-refractivity contribution in [2.24, 2.45) is 0 Å². The van der Waals surface area contributed by atoms with Crippen molar-refractivity contribution in [3.05, 3.63) is 63.9 Å². The lowest BCUT2D eigenvalue weighted by atomic mass is 9.86. The van der Waals surface area contributed by atoms with Gasteiger partial charge in [-0.3, -0.25) is 9.69 Å². The molecule has 0 bridgehead atoms. The Morgan fingerprint density at radius 1 is 1.14 bits per heavy atom. The summed E-state index contributed by atoms with van der Waals surface area (Å²) in [5.41, 5.74) is 4.84. The van der Waals surface area contributed by atoms with Crippen LogP contribution >= 0.6 is 0 Å². The van der Waals surface area contributed by atoms with Crippen LogP contribution in [0.5, 0.6) is 11.5 Å². The van der Waals surface area contributed by atoms with Crippen LogP contribution in [0, 0.1) is 6.92 Å². The van der Waals surface area contributed by atoms with Crippen molar-refractivity contribution in [2.45, 2.75) is 59.5 Å². The van der Waals surface area contributed by atoms with E-state index in [0.29, 0.717) is 29.8 Å². The molecular weight excluding hydrogens is 362 g/mol. The number of ether oxygens (including phenoxy) is 2. The SMILES string of the molecule is Cc1cc2c(c3c1C(=O)/C(=C/c1ccc(C(C)(C)C)cc1)O3)CN(C(C)C)CO2. The molecule has 0 saturated carbocycles. The molecule has 0 fully saturated rings. The van der Waals surface area contributed by atoms with E-state index in [1.54, 1.807) is 0 Å². The van der Waals surface area contributed by atoms with Gasteiger partial charge in [0, 0.05) is 12.6 Å². The Kier molecular flexibility index (Phi) is 4.78. The number of benzene rings is 2. The number of carbonyl (C=O) groups is 1. The standard InChI is InChI=1S/C25H29NO3/c1-15(2)26-13-19-20(28-14-26)11-16(3)22-23(27)21(29-24(19)22)12-17-7-9-18(10-8-17)25(4,5)6/h7-12,15H,13-14H2,1-6H3/b21-12-. The van der Waals surface area contributed by atoms with E-state index in [9.17, 15) is 4.79 Å². The minimum atomic E-state index is -0.0538. The van der Waals surface area contributed by atoms with E-state index in [1.807, 2.05) is 31.2 Å². The molecule has 0 radical (unpaired) electrons. The zero-order valence-corrected chi connectivity index (χ0v) is 18.1. The van der Waals surface area contributed by atoms with E-state index in [1.165, 1.54) is 5.56 Å². The quantitative estimate of drug-likeness (QED) is 0.637. The largest absolute Gasteiger partial charge is 0.478 e. The molecule has 0 amide bonds.